The molecule has 2 atom stereocenters. The normalized spacial score (nSPS) is 25.8. The van der Waals surface area contributed by atoms with Crippen LogP contribution in [0.1, 0.15) is 28.8 Å². The highest BCUT2D eigenvalue weighted by Crippen LogP contribution is 2.48. The van der Waals surface area contributed by atoms with Crippen LogP contribution in [0.3, 0.4) is 0 Å². The number of ether oxygens (including phenoxy) is 1. The quantitative estimate of drug-likeness (QED) is 0.343. The molecule has 0 spiro atoms. The molecule has 2 fully saturated rings. The third-order valence-corrected chi connectivity index (χ3v) is 7.47. The zero-order valence-electron chi connectivity index (χ0n) is 18.1. The minimum Gasteiger partial charge on any atom is -0.497 e. The molecule has 2 aliphatic heterocycles. The molecule has 5 rings (SSSR count). The van der Waals surface area contributed by atoms with E-state index in [2.05, 4.69) is 53.1 Å². The van der Waals surface area contributed by atoms with Crippen molar-refractivity contribution in [2.75, 3.05) is 7.11 Å². The van der Waals surface area contributed by atoms with Crippen molar-refractivity contribution in [1.29, 1.82) is 0 Å². The molecule has 4 amide bonds. The van der Waals surface area contributed by atoms with E-state index in [9.17, 15) is 9.59 Å². The van der Waals surface area contributed by atoms with Gasteiger partial charge in [0.05, 0.1) is 25.1 Å². The van der Waals surface area contributed by atoms with Crippen molar-refractivity contribution >= 4 is 43.9 Å². The average molecular weight is 586 g/mol. The van der Waals surface area contributed by atoms with Crippen LogP contribution in [0.25, 0.3) is 0 Å². The first-order valence-corrected chi connectivity index (χ1v) is 12.3. The van der Waals surface area contributed by atoms with E-state index in [1.165, 1.54) is 0 Å². The van der Waals surface area contributed by atoms with Crippen molar-refractivity contribution in [2.45, 2.75) is 17.7 Å². The van der Waals surface area contributed by atoms with Gasteiger partial charge in [-0.1, -0.05) is 68.3 Å². The van der Waals surface area contributed by atoms with Gasteiger partial charge in [0.25, 0.3) is 0 Å². The van der Waals surface area contributed by atoms with Crippen LogP contribution in [-0.2, 0) is 5.66 Å². The Hall–Kier alpha value is -3.04. The Labute approximate surface area is 213 Å². The van der Waals surface area contributed by atoms with Crippen LogP contribution in [0.15, 0.2) is 81.7 Å². The van der Waals surface area contributed by atoms with Crippen molar-refractivity contribution in [3.63, 3.8) is 0 Å². The fourth-order valence-electron chi connectivity index (χ4n) is 4.89. The van der Waals surface area contributed by atoms with Gasteiger partial charge in [0.2, 0.25) is 0 Å². The predicted molar refractivity (Wildman–Crippen MR) is 135 cm³/mol. The van der Waals surface area contributed by atoms with Gasteiger partial charge in [-0.2, -0.15) is 0 Å². The highest BCUT2D eigenvalue weighted by atomic mass is 79.9. The van der Waals surface area contributed by atoms with Gasteiger partial charge in [-0.25, -0.2) is 9.59 Å². The van der Waals surface area contributed by atoms with Gasteiger partial charge < -0.3 is 26.0 Å². The Morgan fingerprint density at radius 1 is 0.706 bits per heavy atom. The number of rotatable bonds is 4. The van der Waals surface area contributed by atoms with E-state index in [0.717, 1.165) is 25.6 Å². The van der Waals surface area contributed by atoms with Crippen LogP contribution in [0.5, 0.6) is 5.75 Å². The number of nitrogens with one attached hydrogen (secondary N) is 4. The van der Waals surface area contributed by atoms with Crippen LogP contribution in [0.2, 0.25) is 0 Å². The van der Waals surface area contributed by atoms with Gasteiger partial charge >= 0.3 is 12.1 Å². The van der Waals surface area contributed by atoms with Gasteiger partial charge in [-0.15, -0.1) is 0 Å². The standard InChI is InChI=1S/C25H22Br2N4O3/c1-34-19-12-6-16(7-13-19)25-20(21(28-23(32)30-25)14-2-8-17(26)9-3-14)22(29-24(33)31-25)15-4-10-18(27)11-5-15/h2-13,20-22H,1H3,(H2,28,30,32)(H2,29,31,33). The maximum atomic E-state index is 13.0. The lowest BCUT2D eigenvalue weighted by Crippen LogP contribution is -2.75. The molecule has 3 aromatic rings. The predicted octanol–water partition coefficient (Wildman–Crippen LogP) is 5.10. The molecule has 2 heterocycles. The molecule has 174 valence electrons. The molecule has 3 aromatic carbocycles. The Morgan fingerprint density at radius 2 is 1.15 bits per heavy atom. The molecule has 34 heavy (non-hydrogen) atoms. The van der Waals surface area contributed by atoms with Crippen LogP contribution in [0.4, 0.5) is 9.59 Å². The number of halogens is 2. The Bertz CT molecular complexity index is 1150. The van der Waals surface area contributed by atoms with Crippen molar-refractivity contribution in [3.05, 3.63) is 98.4 Å². The number of fused-ring (bicyclic) bond motifs is 1. The second-order valence-corrected chi connectivity index (χ2v) is 10.1. The largest absolute Gasteiger partial charge is 0.497 e. The fourth-order valence-corrected chi connectivity index (χ4v) is 5.42. The minimum absolute atomic E-state index is 0.321. The van der Waals surface area contributed by atoms with E-state index in [1.54, 1.807) is 7.11 Å². The summed E-state index contributed by atoms with van der Waals surface area (Å²) in [5.41, 5.74) is 1.46. The number of methoxy groups -OCH3 is 1. The van der Waals surface area contributed by atoms with Crippen molar-refractivity contribution in [3.8, 4) is 5.75 Å². The number of amides is 4. The summed E-state index contributed by atoms with van der Waals surface area (Å²) in [5, 5.41) is 12.3. The zero-order chi connectivity index (χ0) is 23.9. The maximum absolute atomic E-state index is 13.0. The van der Waals surface area contributed by atoms with Gasteiger partial charge in [0.1, 0.15) is 11.4 Å². The summed E-state index contributed by atoms with van der Waals surface area (Å²) >= 11 is 6.98. The summed E-state index contributed by atoms with van der Waals surface area (Å²) in [6, 6.07) is 21.6. The highest BCUT2D eigenvalue weighted by Gasteiger charge is 2.57. The lowest BCUT2D eigenvalue weighted by Gasteiger charge is -2.55. The zero-order valence-corrected chi connectivity index (χ0v) is 21.3. The molecule has 2 aliphatic rings. The van der Waals surface area contributed by atoms with Crippen LogP contribution in [0, 0.1) is 5.92 Å². The summed E-state index contributed by atoms with van der Waals surface area (Å²) in [6.07, 6.45) is 0. The lowest BCUT2D eigenvalue weighted by molar-refractivity contribution is 0.0557. The van der Waals surface area contributed by atoms with E-state index < -0.39 is 17.7 Å². The van der Waals surface area contributed by atoms with Gasteiger partial charge in [-0.3, -0.25) is 0 Å². The number of hydrogen-bond donors (Lipinski definition) is 4. The molecule has 2 unspecified atom stereocenters. The van der Waals surface area contributed by atoms with E-state index in [-0.39, 0.29) is 18.0 Å². The van der Waals surface area contributed by atoms with Crippen LogP contribution in [-0.4, -0.2) is 19.2 Å². The summed E-state index contributed by atoms with van der Waals surface area (Å²) < 4.78 is 7.21. The second kappa shape index (κ2) is 8.96. The minimum atomic E-state index is -1.16. The molecular weight excluding hydrogens is 564 g/mol. The first-order chi connectivity index (χ1) is 16.4. The van der Waals surface area contributed by atoms with Gasteiger partial charge in [0, 0.05) is 8.95 Å². The molecule has 0 radical (unpaired) electrons. The van der Waals surface area contributed by atoms with E-state index >= 15 is 0 Å². The summed E-state index contributed by atoms with van der Waals surface area (Å²) in [4.78, 5) is 26.1. The van der Waals surface area contributed by atoms with E-state index in [1.807, 2.05) is 72.8 Å². The average Bonchev–Trinajstić information content (AvgIpc) is 2.84. The lowest BCUT2D eigenvalue weighted by atomic mass is 9.70. The van der Waals surface area contributed by atoms with Gasteiger partial charge in [-0.05, 0) is 53.1 Å². The van der Waals surface area contributed by atoms with Crippen molar-refractivity contribution in [2.24, 2.45) is 5.92 Å². The van der Waals surface area contributed by atoms with Gasteiger partial charge in [0.15, 0.2) is 0 Å². The first-order valence-electron chi connectivity index (χ1n) is 10.7. The number of urea groups is 2. The number of hydrogen-bond acceptors (Lipinski definition) is 3. The molecule has 0 saturated carbocycles. The molecule has 0 bridgehead atoms. The summed E-state index contributed by atoms with van der Waals surface area (Å²) in [5.74, 6) is 0.366. The highest BCUT2D eigenvalue weighted by molar-refractivity contribution is 9.10. The molecule has 7 nitrogen and oxygen atoms in total. The summed E-state index contributed by atoms with van der Waals surface area (Å²) in [6.45, 7) is 0. The maximum Gasteiger partial charge on any atom is 0.317 e. The molecule has 0 aromatic heterocycles. The molecule has 0 aliphatic carbocycles. The van der Waals surface area contributed by atoms with E-state index in [0.29, 0.717) is 5.75 Å². The number of benzene rings is 3. The van der Waals surface area contributed by atoms with Crippen LogP contribution >= 0.6 is 31.9 Å². The third kappa shape index (κ3) is 4.03. The molecule has 9 heteroatoms. The fraction of sp³-hybridized carbons (Fsp3) is 0.200. The van der Waals surface area contributed by atoms with Crippen molar-refractivity contribution in [1.82, 2.24) is 21.3 Å². The molecule has 4 N–H and O–H groups in total. The van der Waals surface area contributed by atoms with E-state index in [4.69, 9.17) is 4.74 Å². The smallest absolute Gasteiger partial charge is 0.317 e. The number of carbonyl (C=O) groups is 2. The monoisotopic (exact) mass is 584 g/mol. The Kier molecular flexibility index (Phi) is 5.99. The Balaban J connectivity index is 1.71. The second-order valence-electron chi connectivity index (χ2n) is 8.32. The summed E-state index contributed by atoms with van der Waals surface area (Å²) in [7, 11) is 1.60. The SMILES string of the molecule is COc1ccc(C23NC(=O)NC(c4ccc(Br)cc4)C2C(c2ccc(Br)cc2)NC(=O)N3)cc1. The topological polar surface area (TPSA) is 91.5 Å². The molecular formula is C25H22Br2N4O3. The number of carbonyl (C=O) groups excluding carboxylic acids is 2. The first kappa shape index (κ1) is 22.7. The van der Waals surface area contributed by atoms with Crippen LogP contribution < -0.4 is 26.0 Å². The van der Waals surface area contributed by atoms with Crippen molar-refractivity contribution < 1.29 is 14.3 Å². The third-order valence-electron chi connectivity index (χ3n) is 6.42. The Morgan fingerprint density at radius 3 is 1.56 bits per heavy atom. The molecule has 2 saturated heterocycles.